The van der Waals surface area contributed by atoms with E-state index in [0.717, 1.165) is 16.8 Å². The number of anilines is 1. The zero-order valence-electron chi connectivity index (χ0n) is 10.4. The Balaban J connectivity index is 2.94. The number of benzene rings is 1. The first-order valence-electron chi connectivity index (χ1n) is 5.46. The number of carbonyl (C=O) groups is 1. The number of rotatable bonds is 3. The maximum atomic E-state index is 12.0. The molecular weight excluding hydrogens is 200 g/mol. The molecule has 16 heavy (non-hydrogen) atoms. The lowest BCUT2D eigenvalue weighted by molar-refractivity contribution is -0.123. The van der Waals surface area contributed by atoms with Gasteiger partial charge in [0, 0.05) is 12.2 Å². The molecule has 0 aliphatic rings. The zero-order valence-corrected chi connectivity index (χ0v) is 10.4. The predicted octanol–water partition coefficient (Wildman–Crippen LogP) is 2.23. The maximum absolute atomic E-state index is 12.0. The molecule has 1 rings (SSSR count). The fraction of sp³-hybridized carbons (Fsp3) is 0.462. The third-order valence-electron chi connectivity index (χ3n) is 2.84. The number of para-hydroxylation sites is 1. The Morgan fingerprint density at radius 3 is 2.25 bits per heavy atom. The van der Waals surface area contributed by atoms with Crippen LogP contribution in [0, 0.1) is 19.3 Å². The number of amides is 1. The van der Waals surface area contributed by atoms with Gasteiger partial charge >= 0.3 is 0 Å². The first-order chi connectivity index (χ1) is 7.38. The normalized spacial score (nSPS) is 11.3. The third-order valence-corrected chi connectivity index (χ3v) is 2.84. The van der Waals surface area contributed by atoms with Crippen LogP contribution in [-0.2, 0) is 4.79 Å². The van der Waals surface area contributed by atoms with Crippen LogP contribution in [0.2, 0.25) is 0 Å². The number of nitrogens with two attached hydrogens (primary N) is 1. The van der Waals surface area contributed by atoms with Gasteiger partial charge < -0.3 is 11.1 Å². The van der Waals surface area contributed by atoms with Crippen LogP contribution in [0.5, 0.6) is 0 Å². The molecule has 88 valence electrons. The molecule has 0 bridgehead atoms. The van der Waals surface area contributed by atoms with Gasteiger partial charge in [-0.25, -0.2) is 0 Å². The number of hydrogen-bond donors (Lipinski definition) is 2. The lowest BCUT2D eigenvalue weighted by Crippen LogP contribution is -2.37. The van der Waals surface area contributed by atoms with Crippen LogP contribution in [0.1, 0.15) is 25.0 Å². The maximum Gasteiger partial charge on any atom is 0.231 e. The van der Waals surface area contributed by atoms with Gasteiger partial charge in [-0.3, -0.25) is 4.79 Å². The highest BCUT2D eigenvalue weighted by Gasteiger charge is 2.26. The second kappa shape index (κ2) is 4.66. The van der Waals surface area contributed by atoms with E-state index in [-0.39, 0.29) is 5.91 Å². The summed E-state index contributed by atoms with van der Waals surface area (Å²) < 4.78 is 0. The number of hydrogen-bond acceptors (Lipinski definition) is 2. The van der Waals surface area contributed by atoms with Crippen molar-refractivity contribution in [2.24, 2.45) is 11.1 Å². The second-order valence-corrected chi connectivity index (χ2v) is 4.81. The van der Waals surface area contributed by atoms with E-state index in [2.05, 4.69) is 5.32 Å². The molecule has 3 N–H and O–H groups in total. The molecule has 0 fully saturated rings. The molecule has 3 nitrogen and oxygen atoms in total. The van der Waals surface area contributed by atoms with Crippen molar-refractivity contribution >= 4 is 11.6 Å². The quantitative estimate of drug-likeness (QED) is 0.820. The second-order valence-electron chi connectivity index (χ2n) is 4.81. The monoisotopic (exact) mass is 220 g/mol. The van der Waals surface area contributed by atoms with Gasteiger partial charge in [-0.1, -0.05) is 18.2 Å². The first-order valence-corrected chi connectivity index (χ1v) is 5.46. The Bertz CT molecular complexity index is 377. The minimum Gasteiger partial charge on any atom is -0.329 e. The van der Waals surface area contributed by atoms with Crippen molar-refractivity contribution in [1.82, 2.24) is 0 Å². The minimum absolute atomic E-state index is 0.0348. The van der Waals surface area contributed by atoms with E-state index in [4.69, 9.17) is 5.73 Å². The molecule has 0 aromatic heterocycles. The number of nitrogens with one attached hydrogen (secondary N) is 1. The summed E-state index contributed by atoms with van der Waals surface area (Å²) in [4.78, 5) is 12.0. The summed E-state index contributed by atoms with van der Waals surface area (Å²) >= 11 is 0. The predicted molar refractivity (Wildman–Crippen MR) is 67.4 cm³/mol. The van der Waals surface area contributed by atoms with Crippen LogP contribution in [0.15, 0.2) is 18.2 Å². The van der Waals surface area contributed by atoms with E-state index in [9.17, 15) is 4.79 Å². The van der Waals surface area contributed by atoms with Crippen molar-refractivity contribution in [3.63, 3.8) is 0 Å². The Morgan fingerprint density at radius 2 is 1.81 bits per heavy atom. The Morgan fingerprint density at radius 1 is 1.31 bits per heavy atom. The SMILES string of the molecule is Cc1cccc(C)c1NC(=O)C(C)(C)CN. The molecule has 0 heterocycles. The zero-order chi connectivity index (χ0) is 12.3. The molecule has 0 saturated carbocycles. The number of carbonyl (C=O) groups excluding carboxylic acids is 1. The van der Waals surface area contributed by atoms with Gasteiger partial charge in [0.25, 0.3) is 0 Å². The molecule has 1 aromatic carbocycles. The average Bonchev–Trinajstić information content (AvgIpc) is 2.23. The highest BCUT2D eigenvalue weighted by atomic mass is 16.2. The van der Waals surface area contributed by atoms with Crippen LogP contribution in [-0.4, -0.2) is 12.5 Å². The van der Waals surface area contributed by atoms with Gasteiger partial charge in [0.1, 0.15) is 0 Å². The van der Waals surface area contributed by atoms with Crippen molar-refractivity contribution < 1.29 is 4.79 Å². The molecule has 0 atom stereocenters. The van der Waals surface area contributed by atoms with Gasteiger partial charge in [0.15, 0.2) is 0 Å². The van der Waals surface area contributed by atoms with E-state index in [1.807, 2.05) is 45.9 Å². The van der Waals surface area contributed by atoms with Gasteiger partial charge in [-0.15, -0.1) is 0 Å². The van der Waals surface area contributed by atoms with E-state index in [1.165, 1.54) is 0 Å². The summed E-state index contributed by atoms with van der Waals surface area (Å²) in [7, 11) is 0. The van der Waals surface area contributed by atoms with Crippen molar-refractivity contribution in [1.29, 1.82) is 0 Å². The third kappa shape index (κ3) is 2.61. The topological polar surface area (TPSA) is 55.1 Å². The fourth-order valence-corrected chi connectivity index (χ4v) is 1.39. The fourth-order valence-electron chi connectivity index (χ4n) is 1.39. The van der Waals surface area contributed by atoms with E-state index in [0.29, 0.717) is 6.54 Å². The van der Waals surface area contributed by atoms with E-state index in [1.54, 1.807) is 0 Å². The van der Waals surface area contributed by atoms with E-state index >= 15 is 0 Å². The van der Waals surface area contributed by atoms with Crippen LogP contribution in [0.4, 0.5) is 5.69 Å². The van der Waals surface area contributed by atoms with Crippen molar-refractivity contribution in [3.8, 4) is 0 Å². The Hall–Kier alpha value is -1.35. The van der Waals surface area contributed by atoms with Crippen molar-refractivity contribution in [2.75, 3.05) is 11.9 Å². The Kier molecular flexibility index (Phi) is 3.70. The Labute approximate surface area is 97.0 Å². The molecule has 3 heteroatoms. The lowest BCUT2D eigenvalue weighted by atomic mass is 9.92. The van der Waals surface area contributed by atoms with Gasteiger partial charge in [-0.2, -0.15) is 0 Å². The van der Waals surface area contributed by atoms with Crippen LogP contribution < -0.4 is 11.1 Å². The lowest BCUT2D eigenvalue weighted by Gasteiger charge is -2.22. The van der Waals surface area contributed by atoms with Crippen LogP contribution in [0.3, 0.4) is 0 Å². The van der Waals surface area contributed by atoms with Crippen LogP contribution >= 0.6 is 0 Å². The summed E-state index contributed by atoms with van der Waals surface area (Å²) in [5, 5.41) is 2.95. The van der Waals surface area contributed by atoms with Gasteiger partial charge in [0.05, 0.1) is 5.41 Å². The summed E-state index contributed by atoms with van der Waals surface area (Å²) in [5.41, 5.74) is 8.08. The van der Waals surface area contributed by atoms with Crippen molar-refractivity contribution in [3.05, 3.63) is 29.3 Å². The van der Waals surface area contributed by atoms with Crippen LogP contribution in [0.25, 0.3) is 0 Å². The molecule has 0 saturated heterocycles. The highest BCUT2D eigenvalue weighted by molar-refractivity contribution is 5.96. The smallest absolute Gasteiger partial charge is 0.231 e. The number of aryl methyl sites for hydroxylation is 2. The standard InChI is InChI=1S/C13H20N2O/c1-9-6-5-7-10(2)11(9)15-12(16)13(3,4)8-14/h5-7H,8,14H2,1-4H3,(H,15,16). The summed E-state index contributed by atoms with van der Waals surface area (Å²) in [6.45, 7) is 7.99. The summed E-state index contributed by atoms with van der Waals surface area (Å²) in [6.07, 6.45) is 0. The molecule has 0 aliphatic carbocycles. The molecule has 0 radical (unpaired) electrons. The molecule has 1 aromatic rings. The van der Waals surface area contributed by atoms with Crippen molar-refractivity contribution in [2.45, 2.75) is 27.7 Å². The largest absolute Gasteiger partial charge is 0.329 e. The molecular formula is C13H20N2O. The summed E-state index contributed by atoms with van der Waals surface area (Å²) in [5.74, 6) is -0.0348. The summed E-state index contributed by atoms with van der Waals surface area (Å²) in [6, 6.07) is 5.95. The first kappa shape index (κ1) is 12.7. The minimum atomic E-state index is -0.533. The van der Waals surface area contributed by atoms with Gasteiger partial charge in [-0.05, 0) is 38.8 Å². The molecule has 0 aliphatic heterocycles. The highest BCUT2D eigenvalue weighted by Crippen LogP contribution is 2.22. The van der Waals surface area contributed by atoms with Gasteiger partial charge in [0.2, 0.25) is 5.91 Å². The molecule has 0 spiro atoms. The molecule has 1 amide bonds. The average molecular weight is 220 g/mol. The van der Waals surface area contributed by atoms with E-state index < -0.39 is 5.41 Å². The molecule has 0 unspecified atom stereocenters.